The number of benzene rings is 1. The molecule has 0 spiro atoms. The van der Waals surface area contributed by atoms with Crippen LogP contribution < -0.4 is 15.4 Å². The summed E-state index contributed by atoms with van der Waals surface area (Å²) >= 11 is 5.20. The molecule has 0 unspecified atom stereocenters. The van der Waals surface area contributed by atoms with Crippen LogP contribution >= 0.6 is 12.2 Å². The van der Waals surface area contributed by atoms with Crippen LogP contribution in [0.25, 0.3) is 0 Å². The summed E-state index contributed by atoms with van der Waals surface area (Å²) in [5, 5.41) is 0. The highest BCUT2D eigenvalue weighted by atomic mass is 32.1. The highest BCUT2D eigenvalue weighted by Gasteiger charge is 2.20. The van der Waals surface area contributed by atoms with E-state index in [9.17, 15) is 0 Å². The van der Waals surface area contributed by atoms with Crippen LogP contribution in [0.4, 0.5) is 5.82 Å². The number of rotatable bonds is 2. The van der Waals surface area contributed by atoms with E-state index in [0.717, 1.165) is 41.3 Å². The lowest BCUT2D eigenvalue weighted by Gasteiger charge is -2.24. The summed E-state index contributed by atoms with van der Waals surface area (Å²) in [4.78, 5) is 7.06. The molecule has 0 saturated carbocycles. The number of aryl methyl sites for hydroxylation is 1. The summed E-state index contributed by atoms with van der Waals surface area (Å²) in [6, 6.07) is 10.0. The number of fused-ring (bicyclic) bond motifs is 1. The molecule has 0 amide bonds. The summed E-state index contributed by atoms with van der Waals surface area (Å²) in [5.74, 6) is 1.77. The van der Waals surface area contributed by atoms with Crippen LogP contribution in [0.3, 0.4) is 0 Å². The van der Waals surface area contributed by atoms with Gasteiger partial charge in [-0.1, -0.05) is 30.4 Å². The number of pyridine rings is 1. The third-order valence-electron chi connectivity index (χ3n) is 3.64. The number of nitrogens with zero attached hydrogens (tertiary/aromatic N) is 2. The molecule has 0 radical (unpaired) electrons. The number of aromatic nitrogens is 1. The predicted molar refractivity (Wildman–Crippen MR) is 87.8 cm³/mol. The van der Waals surface area contributed by atoms with Crippen LogP contribution in [0.1, 0.15) is 16.7 Å². The van der Waals surface area contributed by atoms with Gasteiger partial charge in [-0.3, -0.25) is 0 Å². The molecule has 0 atom stereocenters. The molecule has 1 aromatic carbocycles. The Kier molecular flexibility index (Phi) is 3.75. The van der Waals surface area contributed by atoms with Crippen molar-refractivity contribution in [3.8, 4) is 5.75 Å². The largest absolute Gasteiger partial charge is 0.491 e. The van der Waals surface area contributed by atoms with Crippen molar-refractivity contribution in [1.82, 2.24) is 4.98 Å². The maximum atomic E-state index is 5.89. The van der Waals surface area contributed by atoms with E-state index < -0.39 is 0 Å². The lowest BCUT2D eigenvalue weighted by atomic mass is 10.1. The SMILES string of the molecule is Cc1ccnc(N2CCOc3ccccc3C2)c1C(N)=S. The average molecular weight is 299 g/mol. The van der Waals surface area contributed by atoms with Gasteiger partial charge in [0.25, 0.3) is 0 Å². The lowest BCUT2D eigenvalue weighted by molar-refractivity contribution is 0.331. The molecular formula is C16H17N3OS. The van der Waals surface area contributed by atoms with E-state index in [1.54, 1.807) is 6.20 Å². The molecule has 1 aromatic heterocycles. The van der Waals surface area contributed by atoms with Crippen molar-refractivity contribution in [2.24, 2.45) is 5.73 Å². The second-order valence-electron chi connectivity index (χ2n) is 5.07. The van der Waals surface area contributed by atoms with E-state index in [4.69, 9.17) is 22.7 Å². The first-order valence-electron chi connectivity index (χ1n) is 6.88. The summed E-state index contributed by atoms with van der Waals surface area (Å²) in [7, 11) is 0. The first kappa shape index (κ1) is 13.8. The zero-order valence-electron chi connectivity index (χ0n) is 11.9. The molecule has 1 aliphatic rings. The Morgan fingerprint density at radius 3 is 2.95 bits per heavy atom. The Bertz CT molecular complexity index is 687. The minimum absolute atomic E-state index is 0.383. The molecule has 4 nitrogen and oxygen atoms in total. The van der Waals surface area contributed by atoms with Gasteiger partial charge in [0, 0.05) is 18.3 Å². The number of hydrogen-bond donors (Lipinski definition) is 1. The van der Waals surface area contributed by atoms with Crippen LogP contribution in [-0.2, 0) is 6.54 Å². The number of nitrogens with two attached hydrogens (primary N) is 1. The van der Waals surface area contributed by atoms with Crippen molar-refractivity contribution in [3.05, 3.63) is 53.2 Å². The Balaban J connectivity index is 2.02. The average Bonchev–Trinajstić information content (AvgIpc) is 2.68. The zero-order chi connectivity index (χ0) is 14.8. The van der Waals surface area contributed by atoms with Gasteiger partial charge in [0.15, 0.2) is 0 Å². The van der Waals surface area contributed by atoms with Crippen LogP contribution in [0.5, 0.6) is 5.75 Å². The Morgan fingerprint density at radius 1 is 1.33 bits per heavy atom. The van der Waals surface area contributed by atoms with Crippen LogP contribution in [0.2, 0.25) is 0 Å². The van der Waals surface area contributed by atoms with Gasteiger partial charge < -0.3 is 15.4 Å². The normalized spacial score (nSPS) is 14.0. The van der Waals surface area contributed by atoms with Crippen LogP contribution in [0, 0.1) is 6.92 Å². The quantitative estimate of drug-likeness (QED) is 0.863. The van der Waals surface area contributed by atoms with Crippen molar-refractivity contribution in [1.29, 1.82) is 0 Å². The molecule has 2 aromatic rings. The maximum Gasteiger partial charge on any atom is 0.139 e. The first-order chi connectivity index (χ1) is 10.2. The van der Waals surface area contributed by atoms with Gasteiger partial charge in [-0.25, -0.2) is 4.98 Å². The number of ether oxygens (including phenoxy) is 1. The topological polar surface area (TPSA) is 51.4 Å². The molecule has 5 heteroatoms. The second kappa shape index (κ2) is 5.69. The highest BCUT2D eigenvalue weighted by Crippen LogP contribution is 2.28. The predicted octanol–water partition coefficient (Wildman–Crippen LogP) is 2.42. The first-order valence-corrected chi connectivity index (χ1v) is 7.28. The second-order valence-corrected chi connectivity index (χ2v) is 5.51. The minimum Gasteiger partial charge on any atom is -0.491 e. The standard InChI is InChI=1S/C16H17N3OS/c1-11-6-7-18-16(14(11)15(17)21)19-8-9-20-13-5-3-2-4-12(13)10-19/h2-7H,8-10H2,1H3,(H2,17,21). The molecular weight excluding hydrogens is 282 g/mol. The fourth-order valence-electron chi connectivity index (χ4n) is 2.59. The smallest absolute Gasteiger partial charge is 0.139 e. The van der Waals surface area contributed by atoms with Crippen LogP contribution in [0.15, 0.2) is 36.5 Å². The molecule has 21 heavy (non-hydrogen) atoms. The minimum atomic E-state index is 0.383. The van der Waals surface area contributed by atoms with Crippen molar-refractivity contribution >= 4 is 23.0 Å². The number of hydrogen-bond acceptors (Lipinski definition) is 4. The van der Waals surface area contributed by atoms with Gasteiger partial charge in [-0.05, 0) is 24.6 Å². The van der Waals surface area contributed by atoms with Crippen molar-refractivity contribution in [2.45, 2.75) is 13.5 Å². The van der Waals surface area contributed by atoms with E-state index in [2.05, 4.69) is 16.0 Å². The van der Waals surface area contributed by atoms with Gasteiger partial charge in [-0.15, -0.1) is 0 Å². The highest BCUT2D eigenvalue weighted by molar-refractivity contribution is 7.80. The van der Waals surface area contributed by atoms with Crippen molar-refractivity contribution in [3.63, 3.8) is 0 Å². The van der Waals surface area contributed by atoms with Gasteiger partial charge in [0.2, 0.25) is 0 Å². The van der Waals surface area contributed by atoms with Crippen molar-refractivity contribution < 1.29 is 4.74 Å². The third-order valence-corrected chi connectivity index (χ3v) is 3.84. The Morgan fingerprint density at radius 2 is 2.14 bits per heavy atom. The zero-order valence-corrected chi connectivity index (χ0v) is 12.7. The molecule has 108 valence electrons. The number of thiocarbonyl (C=S) groups is 1. The van der Waals surface area contributed by atoms with E-state index >= 15 is 0 Å². The molecule has 2 N–H and O–H groups in total. The molecule has 3 rings (SSSR count). The summed E-state index contributed by atoms with van der Waals surface area (Å²) in [6.45, 7) is 4.11. The van der Waals surface area contributed by atoms with E-state index in [1.807, 2.05) is 31.2 Å². The number of para-hydroxylation sites is 1. The molecule has 0 fully saturated rings. The van der Waals surface area contributed by atoms with Gasteiger partial charge >= 0.3 is 0 Å². The van der Waals surface area contributed by atoms with Gasteiger partial charge in [0.05, 0.1) is 12.1 Å². The molecule has 2 heterocycles. The van der Waals surface area contributed by atoms with Crippen molar-refractivity contribution in [2.75, 3.05) is 18.1 Å². The van der Waals surface area contributed by atoms with E-state index in [0.29, 0.717) is 11.6 Å². The van der Waals surface area contributed by atoms with E-state index in [-0.39, 0.29) is 0 Å². The summed E-state index contributed by atoms with van der Waals surface area (Å²) in [5.41, 5.74) is 8.94. The van der Waals surface area contributed by atoms with Crippen LogP contribution in [-0.4, -0.2) is 23.1 Å². The lowest BCUT2D eigenvalue weighted by Crippen LogP contribution is -2.29. The van der Waals surface area contributed by atoms with E-state index in [1.165, 1.54) is 0 Å². The molecule has 0 bridgehead atoms. The van der Waals surface area contributed by atoms with Gasteiger partial charge in [-0.2, -0.15) is 0 Å². The number of anilines is 1. The summed E-state index contributed by atoms with van der Waals surface area (Å²) < 4.78 is 5.80. The monoisotopic (exact) mass is 299 g/mol. The fourth-order valence-corrected chi connectivity index (χ4v) is 2.85. The molecule has 0 saturated heterocycles. The maximum absolute atomic E-state index is 5.89. The fraction of sp³-hybridized carbons (Fsp3) is 0.250. The molecule has 0 aliphatic carbocycles. The summed E-state index contributed by atoms with van der Waals surface area (Å²) in [6.07, 6.45) is 1.80. The Labute approximate surface area is 129 Å². The molecule has 1 aliphatic heterocycles. The Hall–Kier alpha value is -2.14. The third kappa shape index (κ3) is 2.69. The van der Waals surface area contributed by atoms with Gasteiger partial charge in [0.1, 0.15) is 23.2 Å².